The van der Waals surface area contributed by atoms with E-state index in [2.05, 4.69) is 15.5 Å². The predicted molar refractivity (Wildman–Crippen MR) is 79.3 cm³/mol. The maximum absolute atomic E-state index is 12.6. The van der Waals surface area contributed by atoms with Gasteiger partial charge < -0.3 is 15.6 Å². The number of nitrogen functional groups attached to an aromatic ring is 1. The van der Waals surface area contributed by atoms with E-state index in [1.165, 1.54) is 0 Å². The van der Waals surface area contributed by atoms with Crippen molar-refractivity contribution >= 4 is 11.6 Å². The molecular formula is C15H19N5O. The molecular weight excluding hydrogens is 266 g/mol. The van der Waals surface area contributed by atoms with Gasteiger partial charge in [-0.25, -0.2) is 0 Å². The van der Waals surface area contributed by atoms with Gasteiger partial charge in [0.05, 0.1) is 11.5 Å². The van der Waals surface area contributed by atoms with E-state index in [0.29, 0.717) is 5.69 Å². The number of hydrogen-bond acceptors (Lipinski definition) is 4. The largest absolute Gasteiger partial charge is 0.399 e. The van der Waals surface area contributed by atoms with Gasteiger partial charge in [0.1, 0.15) is 6.33 Å². The number of benzene rings is 1. The van der Waals surface area contributed by atoms with E-state index in [1.807, 2.05) is 42.8 Å². The van der Waals surface area contributed by atoms with Crippen LogP contribution < -0.4 is 11.1 Å². The highest BCUT2D eigenvalue weighted by Gasteiger charge is 2.51. The number of amides is 1. The molecule has 1 saturated carbocycles. The number of nitrogens with zero attached hydrogens (tertiary/aromatic N) is 3. The monoisotopic (exact) mass is 285 g/mol. The predicted octanol–water partition coefficient (Wildman–Crippen LogP) is 1.31. The second-order valence-corrected chi connectivity index (χ2v) is 5.70. The van der Waals surface area contributed by atoms with E-state index in [9.17, 15) is 4.79 Å². The van der Waals surface area contributed by atoms with E-state index in [-0.39, 0.29) is 11.9 Å². The van der Waals surface area contributed by atoms with Gasteiger partial charge in [-0.05, 0) is 37.5 Å². The molecule has 21 heavy (non-hydrogen) atoms. The number of hydrogen-bond donors (Lipinski definition) is 2. The zero-order valence-electron chi connectivity index (χ0n) is 12.2. The highest BCUT2D eigenvalue weighted by molar-refractivity contribution is 5.91. The molecule has 3 N–H and O–H groups in total. The third kappa shape index (κ3) is 2.37. The van der Waals surface area contributed by atoms with Gasteiger partial charge in [-0.1, -0.05) is 12.1 Å². The van der Waals surface area contributed by atoms with Gasteiger partial charge in [0.2, 0.25) is 5.91 Å². The van der Waals surface area contributed by atoms with Crippen LogP contribution in [0.4, 0.5) is 5.69 Å². The number of aryl methyl sites for hydroxylation is 1. The van der Waals surface area contributed by atoms with Crippen LogP contribution in [0.2, 0.25) is 0 Å². The first kappa shape index (κ1) is 13.6. The molecule has 3 rings (SSSR count). The van der Waals surface area contributed by atoms with Gasteiger partial charge in [-0.2, -0.15) is 0 Å². The van der Waals surface area contributed by atoms with Crippen molar-refractivity contribution in [3.05, 3.63) is 42.0 Å². The van der Waals surface area contributed by atoms with E-state index < -0.39 is 5.41 Å². The lowest BCUT2D eigenvalue weighted by Crippen LogP contribution is -2.37. The fourth-order valence-electron chi connectivity index (χ4n) is 2.66. The van der Waals surface area contributed by atoms with Gasteiger partial charge in [-0.15, -0.1) is 10.2 Å². The van der Waals surface area contributed by atoms with Gasteiger partial charge in [0, 0.05) is 12.7 Å². The van der Waals surface area contributed by atoms with Crippen LogP contribution in [0, 0.1) is 0 Å². The summed E-state index contributed by atoms with van der Waals surface area (Å²) in [6.07, 6.45) is 3.37. The average molecular weight is 285 g/mol. The number of carbonyl (C=O) groups is 1. The summed E-state index contributed by atoms with van der Waals surface area (Å²) in [5.74, 6) is 0.791. The van der Waals surface area contributed by atoms with Crippen molar-refractivity contribution in [2.24, 2.45) is 7.05 Å². The lowest BCUT2D eigenvalue weighted by Gasteiger charge is -2.19. The number of carbonyl (C=O) groups excluding carboxylic acids is 1. The Labute approximate surface area is 123 Å². The van der Waals surface area contributed by atoms with Crippen LogP contribution in [0.3, 0.4) is 0 Å². The SMILES string of the molecule is CC(NC(=O)C1(c2ccc(N)cc2)CC1)c1nncn1C. The van der Waals surface area contributed by atoms with Crippen LogP contribution in [-0.2, 0) is 17.3 Å². The van der Waals surface area contributed by atoms with Crippen molar-refractivity contribution in [3.63, 3.8) is 0 Å². The standard InChI is InChI=1S/C15H19N5O/c1-10(13-19-17-9-20(13)2)18-14(21)15(7-8-15)11-3-5-12(16)6-4-11/h3-6,9-10H,7-8,16H2,1-2H3,(H,18,21). The molecule has 1 unspecified atom stereocenters. The zero-order valence-corrected chi connectivity index (χ0v) is 12.2. The first-order valence-corrected chi connectivity index (χ1v) is 7.04. The number of nitrogens with two attached hydrogens (primary N) is 1. The molecule has 1 amide bonds. The highest BCUT2D eigenvalue weighted by Crippen LogP contribution is 2.48. The second-order valence-electron chi connectivity index (χ2n) is 5.70. The van der Waals surface area contributed by atoms with E-state index in [1.54, 1.807) is 6.33 Å². The molecule has 1 atom stereocenters. The molecule has 0 saturated heterocycles. The Kier molecular flexibility index (Phi) is 3.16. The Hall–Kier alpha value is -2.37. The van der Waals surface area contributed by atoms with Crippen LogP contribution in [0.25, 0.3) is 0 Å². The lowest BCUT2D eigenvalue weighted by molar-refractivity contribution is -0.124. The van der Waals surface area contributed by atoms with Crippen molar-refractivity contribution in [2.75, 3.05) is 5.73 Å². The minimum atomic E-state index is -0.402. The lowest BCUT2D eigenvalue weighted by atomic mass is 9.94. The summed E-state index contributed by atoms with van der Waals surface area (Å²) in [5, 5.41) is 10.9. The van der Waals surface area contributed by atoms with Crippen molar-refractivity contribution < 1.29 is 4.79 Å². The van der Waals surface area contributed by atoms with Crippen molar-refractivity contribution in [1.82, 2.24) is 20.1 Å². The molecule has 110 valence electrons. The molecule has 1 fully saturated rings. The molecule has 2 aromatic rings. The first-order valence-electron chi connectivity index (χ1n) is 7.04. The molecule has 1 aromatic heterocycles. The maximum atomic E-state index is 12.6. The smallest absolute Gasteiger partial charge is 0.231 e. The molecule has 6 heteroatoms. The Morgan fingerprint density at radius 1 is 1.38 bits per heavy atom. The Bertz CT molecular complexity index is 657. The molecule has 1 aromatic carbocycles. The first-order chi connectivity index (χ1) is 10.0. The zero-order chi connectivity index (χ0) is 15.0. The van der Waals surface area contributed by atoms with Gasteiger partial charge in [0.15, 0.2) is 5.82 Å². The third-order valence-electron chi connectivity index (χ3n) is 4.13. The van der Waals surface area contributed by atoms with Gasteiger partial charge in [0.25, 0.3) is 0 Å². The second kappa shape index (κ2) is 4.87. The Morgan fingerprint density at radius 3 is 2.57 bits per heavy atom. The van der Waals surface area contributed by atoms with E-state index >= 15 is 0 Å². The van der Waals surface area contributed by atoms with Crippen LogP contribution >= 0.6 is 0 Å². The van der Waals surface area contributed by atoms with Crippen LogP contribution in [-0.4, -0.2) is 20.7 Å². The molecule has 0 aliphatic heterocycles. The quantitative estimate of drug-likeness (QED) is 0.829. The molecule has 0 radical (unpaired) electrons. The normalized spacial score (nSPS) is 17.2. The summed E-state index contributed by atoms with van der Waals surface area (Å²) in [4.78, 5) is 12.6. The minimum Gasteiger partial charge on any atom is -0.399 e. The Balaban J connectivity index is 1.76. The van der Waals surface area contributed by atoms with Gasteiger partial charge >= 0.3 is 0 Å². The fourth-order valence-corrected chi connectivity index (χ4v) is 2.66. The van der Waals surface area contributed by atoms with E-state index in [0.717, 1.165) is 24.2 Å². The van der Waals surface area contributed by atoms with Crippen molar-refractivity contribution in [2.45, 2.75) is 31.2 Å². The molecule has 0 bridgehead atoms. The summed E-state index contributed by atoms with van der Waals surface area (Å²) in [5.41, 5.74) is 7.05. The van der Waals surface area contributed by atoms with Crippen molar-refractivity contribution in [3.8, 4) is 0 Å². The van der Waals surface area contributed by atoms with E-state index in [4.69, 9.17) is 5.73 Å². The minimum absolute atomic E-state index is 0.0442. The number of anilines is 1. The molecule has 1 aliphatic rings. The molecule has 0 spiro atoms. The number of rotatable bonds is 4. The van der Waals surface area contributed by atoms with Crippen LogP contribution in [0.5, 0.6) is 0 Å². The van der Waals surface area contributed by atoms with Crippen LogP contribution in [0.15, 0.2) is 30.6 Å². The number of aromatic nitrogens is 3. The average Bonchev–Trinajstić information content (AvgIpc) is 3.16. The van der Waals surface area contributed by atoms with Crippen LogP contribution in [0.1, 0.15) is 37.2 Å². The maximum Gasteiger partial charge on any atom is 0.231 e. The highest BCUT2D eigenvalue weighted by atomic mass is 16.2. The molecule has 1 aliphatic carbocycles. The summed E-state index contributed by atoms with van der Waals surface area (Å²) in [6.45, 7) is 1.92. The van der Waals surface area contributed by atoms with Gasteiger partial charge in [-0.3, -0.25) is 4.79 Å². The molecule has 1 heterocycles. The van der Waals surface area contributed by atoms with Crippen molar-refractivity contribution in [1.29, 1.82) is 0 Å². The summed E-state index contributed by atoms with van der Waals surface area (Å²) in [6, 6.07) is 7.39. The molecule has 6 nitrogen and oxygen atoms in total. The summed E-state index contributed by atoms with van der Waals surface area (Å²) < 4.78 is 1.81. The Morgan fingerprint density at radius 2 is 2.05 bits per heavy atom. The number of nitrogens with one attached hydrogen (secondary N) is 1. The topological polar surface area (TPSA) is 85.8 Å². The third-order valence-corrected chi connectivity index (χ3v) is 4.13. The summed E-state index contributed by atoms with van der Waals surface area (Å²) >= 11 is 0. The fraction of sp³-hybridized carbons (Fsp3) is 0.400. The summed E-state index contributed by atoms with van der Waals surface area (Å²) in [7, 11) is 1.87.